The second kappa shape index (κ2) is 4.67. The molecule has 0 spiro atoms. The van der Waals surface area contributed by atoms with Gasteiger partial charge in [0.1, 0.15) is 0 Å². The fraction of sp³-hybridized carbons (Fsp3) is 0.333. The van der Waals surface area contributed by atoms with Crippen molar-refractivity contribution in [1.29, 1.82) is 0 Å². The summed E-state index contributed by atoms with van der Waals surface area (Å²) in [5, 5.41) is 2.68. The Hall–Kier alpha value is -1.34. The summed E-state index contributed by atoms with van der Waals surface area (Å²) in [6.45, 7) is 6.84. The molecule has 0 aromatic heterocycles. The molecular formula is C15H21N. The van der Waals surface area contributed by atoms with E-state index in [2.05, 4.69) is 63.2 Å². The molecule has 16 heavy (non-hydrogen) atoms. The first-order valence-corrected chi connectivity index (χ1v) is 5.52. The van der Waals surface area contributed by atoms with Crippen molar-refractivity contribution in [2.75, 3.05) is 0 Å². The summed E-state index contributed by atoms with van der Waals surface area (Å²) in [5.41, 5.74) is 1.80. The van der Waals surface area contributed by atoms with Gasteiger partial charge < -0.3 is 6.15 Å². The number of benzene rings is 2. The van der Waals surface area contributed by atoms with Gasteiger partial charge in [-0.2, -0.15) is 0 Å². The quantitative estimate of drug-likeness (QED) is 0.741. The number of rotatable bonds is 1. The Morgan fingerprint density at radius 2 is 1.50 bits per heavy atom. The predicted octanol–water partition coefficient (Wildman–Crippen LogP) is 4.59. The van der Waals surface area contributed by atoms with Crippen LogP contribution < -0.4 is 6.15 Å². The Kier molecular flexibility index (Phi) is 3.71. The van der Waals surface area contributed by atoms with Gasteiger partial charge in [-0.3, -0.25) is 0 Å². The maximum absolute atomic E-state index is 2.31. The topological polar surface area (TPSA) is 35.0 Å². The summed E-state index contributed by atoms with van der Waals surface area (Å²) in [4.78, 5) is 0. The molecular weight excluding hydrogens is 194 g/mol. The summed E-state index contributed by atoms with van der Waals surface area (Å²) >= 11 is 0. The fourth-order valence-electron chi connectivity index (χ4n) is 1.96. The lowest BCUT2D eigenvalue weighted by molar-refractivity contribution is 0.411. The van der Waals surface area contributed by atoms with Gasteiger partial charge >= 0.3 is 0 Å². The lowest BCUT2D eigenvalue weighted by Crippen LogP contribution is -2.08. The second-order valence-corrected chi connectivity index (χ2v) is 5.42. The van der Waals surface area contributed by atoms with E-state index in [1.54, 1.807) is 0 Å². The highest BCUT2D eigenvalue weighted by molar-refractivity contribution is 5.82. The van der Waals surface area contributed by atoms with Gasteiger partial charge in [0, 0.05) is 0 Å². The molecule has 0 unspecified atom stereocenters. The van der Waals surface area contributed by atoms with Crippen molar-refractivity contribution in [2.45, 2.75) is 27.2 Å². The SMILES string of the molecule is CC(C)(C)Cc1ccc2ccccc2c1.N. The predicted molar refractivity (Wildman–Crippen MR) is 72.1 cm³/mol. The molecule has 2 rings (SSSR count). The molecule has 86 valence electrons. The molecule has 0 aliphatic rings. The minimum Gasteiger partial charge on any atom is -0.344 e. The standard InChI is InChI=1S/C15H18.H3N/c1-15(2,3)11-12-8-9-13-6-4-5-7-14(13)10-12;/h4-10H,11H2,1-3H3;1H3. The van der Waals surface area contributed by atoms with E-state index in [0.717, 1.165) is 6.42 Å². The van der Waals surface area contributed by atoms with Gasteiger partial charge in [-0.25, -0.2) is 0 Å². The summed E-state index contributed by atoms with van der Waals surface area (Å²) < 4.78 is 0. The first-order chi connectivity index (χ1) is 7.04. The van der Waals surface area contributed by atoms with E-state index in [0.29, 0.717) is 5.41 Å². The molecule has 0 bridgehead atoms. The van der Waals surface area contributed by atoms with Crippen molar-refractivity contribution < 1.29 is 0 Å². The van der Waals surface area contributed by atoms with Crippen molar-refractivity contribution in [1.82, 2.24) is 6.15 Å². The van der Waals surface area contributed by atoms with E-state index in [1.807, 2.05) is 0 Å². The summed E-state index contributed by atoms with van der Waals surface area (Å²) in [6.07, 6.45) is 1.14. The van der Waals surface area contributed by atoms with Gasteiger partial charge in [0.05, 0.1) is 0 Å². The first kappa shape index (κ1) is 12.7. The van der Waals surface area contributed by atoms with E-state index < -0.39 is 0 Å². The van der Waals surface area contributed by atoms with Crippen molar-refractivity contribution in [3.05, 3.63) is 48.0 Å². The summed E-state index contributed by atoms with van der Waals surface area (Å²) in [6, 6.07) is 15.3. The van der Waals surface area contributed by atoms with Crippen molar-refractivity contribution >= 4 is 10.8 Å². The van der Waals surface area contributed by atoms with Crippen LogP contribution in [0.25, 0.3) is 10.8 Å². The Bertz CT molecular complexity index is 466. The van der Waals surface area contributed by atoms with Gasteiger partial charge in [0.15, 0.2) is 0 Å². The minimum absolute atomic E-state index is 0. The van der Waals surface area contributed by atoms with E-state index in [1.165, 1.54) is 16.3 Å². The Labute approximate surface area is 98.1 Å². The third-order valence-corrected chi connectivity index (χ3v) is 2.55. The van der Waals surface area contributed by atoms with Crippen molar-refractivity contribution in [3.8, 4) is 0 Å². The smallest absolute Gasteiger partial charge is 0.0181 e. The van der Waals surface area contributed by atoms with E-state index in [-0.39, 0.29) is 6.15 Å². The van der Waals surface area contributed by atoms with Crippen molar-refractivity contribution in [2.24, 2.45) is 5.41 Å². The lowest BCUT2D eigenvalue weighted by atomic mass is 9.87. The number of hydrogen-bond donors (Lipinski definition) is 1. The Balaban J connectivity index is 0.00000128. The van der Waals surface area contributed by atoms with Crippen LogP contribution in [0.1, 0.15) is 26.3 Å². The molecule has 1 nitrogen and oxygen atoms in total. The second-order valence-electron chi connectivity index (χ2n) is 5.42. The van der Waals surface area contributed by atoms with Gasteiger partial charge in [0.25, 0.3) is 0 Å². The zero-order valence-corrected chi connectivity index (χ0v) is 10.5. The van der Waals surface area contributed by atoms with E-state index >= 15 is 0 Å². The van der Waals surface area contributed by atoms with E-state index in [9.17, 15) is 0 Å². The van der Waals surface area contributed by atoms with Gasteiger partial charge in [-0.1, -0.05) is 63.2 Å². The van der Waals surface area contributed by atoms with Crippen LogP contribution in [0.5, 0.6) is 0 Å². The van der Waals surface area contributed by atoms with Crippen LogP contribution in [0.4, 0.5) is 0 Å². The van der Waals surface area contributed by atoms with Crippen LogP contribution in [0, 0.1) is 5.41 Å². The molecule has 0 aliphatic heterocycles. The minimum atomic E-state index is 0. The molecule has 0 amide bonds. The molecule has 0 fully saturated rings. The van der Waals surface area contributed by atoms with Crippen LogP contribution in [-0.2, 0) is 6.42 Å². The van der Waals surface area contributed by atoms with Crippen LogP contribution in [0.3, 0.4) is 0 Å². The monoisotopic (exact) mass is 215 g/mol. The molecule has 3 N–H and O–H groups in total. The molecule has 0 heterocycles. The maximum Gasteiger partial charge on any atom is -0.0181 e. The molecule has 0 saturated carbocycles. The molecule has 2 aromatic rings. The normalized spacial score (nSPS) is 11.2. The maximum atomic E-state index is 2.31. The molecule has 0 saturated heterocycles. The molecule has 0 radical (unpaired) electrons. The first-order valence-electron chi connectivity index (χ1n) is 5.52. The highest BCUT2D eigenvalue weighted by atomic mass is 14.2. The van der Waals surface area contributed by atoms with E-state index in [4.69, 9.17) is 0 Å². The zero-order valence-electron chi connectivity index (χ0n) is 10.5. The molecule has 0 aliphatic carbocycles. The number of fused-ring (bicyclic) bond motifs is 1. The van der Waals surface area contributed by atoms with Crippen LogP contribution >= 0.6 is 0 Å². The fourth-order valence-corrected chi connectivity index (χ4v) is 1.96. The summed E-state index contributed by atoms with van der Waals surface area (Å²) in [5.74, 6) is 0. The third-order valence-electron chi connectivity index (χ3n) is 2.55. The average molecular weight is 215 g/mol. The Morgan fingerprint density at radius 1 is 0.875 bits per heavy atom. The lowest BCUT2D eigenvalue weighted by Gasteiger charge is -2.18. The van der Waals surface area contributed by atoms with Crippen LogP contribution in [0.15, 0.2) is 42.5 Å². The third kappa shape index (κ3) is 3.07. The Morgan fingerprint density at radius 3 is 2.12 bits per heavy atom. The average Bonchev–Trinajstić information content (AvgIpc) is 2.15. The van der Waals surface area contributed by atoms with Crippen LogP contribution in [0.2, 0.25) is 0 Å². The summed E-state index contributed by atoms with van der Waals surface area (Å²) in [7, 11) is 0. The number of hydrogen-bond acceptors (Lipinski definition) is 1. The molecule has 0 atom stereocenters. The van der Waals surface area contributed by atoms with Crippen molar-refractivity contribution in [3.63, 3.8) is 0 Å². The molecule has 2 aromatic carbocycles. The van der Waals surface area contributed by atoms with Crippen LogP contribution in [-0.4, -0.2) is 0 Å². The zero-order chi connectivity index (χ0) is 10.9. The highest BCUT2D eigenvalue weighted by Crippen LogP contribution is 2.23. The largest absolute Gasteiger partial charge is 0.344 e. The van der Waals surface area contributed by atoms with Gasteiger partial charge in [-0.05, 0) is 28.2 Å². The van der Waals surface area contributed by atoms with Gasteiger partial charge in [0.2, 0.25) is 0 Å². The van der Waals surface area contributed by atoms with Gasteiger partial charge in [-0.15, -0.1) is 0 Å². The highest BCUT2D eigenvalue weighted by Gasteiger charge is 2.11. The molecule has 1 heteroatoms.